The van der Waals surface area contributed by atoms with Gasteiger partial charge in [0.1, 0.15) is 43.4 Å². The van der Waals surface area contributed by atoms with E-state index in [1.165, 1.54) is 19.2 Å². The molecule has 3 rings (SSSR count). The molecule has 8 heteroatoms. The molecule has 0 spiro atoms. The van der Waals surface area contributed by atoms with Crippen LogP contribution in [0.15, 0.2) is 78.0 Å². The highest BCUT2D eigenvalue weighted by molar-refractivity contribution is 6.01. The Morgan fingerprint density at radius 2 is 1.58 bits per heavy atom. The van der Waals surface area contributed by atoms with Gasteiger partial charge in [0.05, 0.1) is 6.42 Å². The first kappa shape index (κ1) is 23.7. The SMILES string of the molecule is CO/N=C(\COc1ccc(COc2ccc(C(N)CC(=O)O)cc2)cc1)c1ccc(F)cc1. The molecule has 1 atom stereocenters. The summed E-state index contributed by atoms with van der Waals surface area (Å²) in [5.41, 5.74) is 8.79. The molecule has 33 heavy (non-hydrogen) atoms. The average Bonchev–Trinajstić information content (AvgIpc) is 2.81. The normalized spacial score (nSPS) is 12.2. The van der Waals surface area contributed by atoms with Crippen LogP contribution in [0, 0.1) is 5.82 Å². The predicted octanol–water partition coefficient (Wildman–Crippen LogP) is 4.31. The van der Waals surface area contributed by atoms with Gasteiger partial charge < -0.3 is 25.2 Å². The molecule has 0 saturated carbocycles. The van der Waals surface area contributed by atoms with Crippen molar-refractivity contribution in [3.63, 3.8) is 0 Å². The number of carboxylic acids is 1. The van der Waals surface area contributed by atoms with Crippen LogP contribution in [-0.2, 0) is 16.2 Å². The van der Waals surface area contributed by atoms with Crippen molar-refractivity contribution in [2.75, 3.05) is 13.7 Å². The highest BCUT2D eigenvalue weighted by Crippen LogP contribution is 2.20. The highest BCUT2D eigenvalue weighted by Gasteiger charge is 2.11. The molecule has 3 aromatic rings. The average molecular weight is 452 g/mol. The summed E-state index contributed by atoms with van der Waals surface area (Å²) in [4.78, 5) is 15.6. The summed E-state index contributed by atoms with van der Waals surface area (Å²) in [7, 11) is 1.44. The second kappa shape index (κ2) is 11.6. The standard InChI is InChI=1S/C25H25FN2O5/c1-31-28-24(19-4-8-20(26)9-5-19)16-33-21-10-2-17(3-11-21)15-32-22-12-6-18(7-13-22)23(27)14-25(29)30/h2-13,23H,14-16,27H2,1H3,(H,29,30)/b28-24+. The lowest BCUT2D eigenvalue weighted by Crippen LogP contribution is -2.14. The van der Waals surface area contributed by atoms with Gasteiger partial charge >= 0.3 is 5.97 Å². The molecule has 0 fully saturated rings. The molecule has 0 bridgehead atoms. The number of ether oxygens (including phenoxy) is 2. The van der Waals surface area contributed by atoms with Gasteiger partial charge in [-0.2, -0.15) is 0 Å². The minimum Gasteiger partial charge on any atom is -0.489 e. The molecular formula is C25H25FN2O5. The molecule has 0 amide bonds. The number of nitrogens with two attached hydrogens (primary N) is 1. The van der Waals surface area contributed by atoms with E-state index in [-0.39, 0.29) is 18.8 Å². The Hall–Kier alpha value is -3.91. The van der Waals surface area contributed by atoms with Crippen LogP contribution >= 0.6 is 0 Å². The van der Waals surface area contributed by atoms with E-state index in [9.17, 15) is 9.18 Å². The summed E-state index contributed by atoms with van der Waals surface area (Å²) in [6.45, 7) is 0.512. The molecule has 1 unspecified atom stereocenters. The van der Waals surface area contributed by atoms with Gasteiger partial charge in [-0.1, -0.05) is 29.4 Å². The number of halogens is 1. The van der Waals surface area contributed by atoms with Crippen molar-refractivity contribution in [1.29, 1.82) is 0 Å². The Kier molecular flexibility index (Phi) is 8.37. The summed E-state index contributed by atoms with van der Waals surface area (Å²) in [5.74, 6) is 0.0302. The second-order valence-electron chi connectivity index (χ2n) is 7.22. The molecule has 3 aromatic carbocycles. The van der Waals surface area contributed by atoms with Crippen LogP contribution in [-0.4, -0.2) is 30.5 Å². The molecule has 3 N–H and O–H groups in total. The Bertz CT molecular complexity index is 1070. The topological polar surface area (TPSA) is 103 Å². The fourth-order valence-corrected chi connectivity index (χ4v) is 3.03. The first-order chi connectivity index (χ1) is 15.9. The van der Waals surface area contributed by atoms with E-state index < -0.39 is 12.0 Å². The maximum Gasteiger partial charge on any atom is 0.305 e. The third kappa shape index (κ3) is 7.33. The third-order valence-corrected chi connectivity index (χ3v) is 4.79. The fraction of sp³-hybridized carbons (Fsp3) is 0.200. The van der Waals surface area contributed by atoms with Gasteiger partial charge in [0, 0.05) is 11.6 Å². The Balaban J connectivity index is 1.52. The molecule has 0 aliphatic carbocycles. The van der Waals surface area contributed by atoms with Crippen LogP contribution in [0.25, 0.3) is 0 Å². The lowest BCUT2D eigenvalue weighted by Gasteiger charge is -2.12. The van der Waals surface area contributed by atoms with Crippen LogP contribution in [0.4, 0.5) is 4.39 Å². The van der Waals surface area contributed by atoms with Crippen molar-refractivity contribution < 1.29 is 28.6 Å². The number of rotatable bonds is 11. The first-order valence-electron chi connectivity index (χ1n) is 10.2. The van der Waals surface area contributed by atoms with E-state index >= 15 is 0 Å². The Morgan fingerprint density at radius 1 is 0.970 bits per heavy atom. The minimum atomic E-state index is -0.937. The molecule has 0 radical (unpaired) electrons. The predicted molar refractivity (Wildman–Crippen MR) is 122 cm³/mol. The lowest BCUT2D eigenvalue weighted by molar-refractivity contribution is -0.137. The zero-order chi connectivity index (χ0) is 23.6. The summed E-state index contributed by atoms with van der Waals surface area (Å²) in [6, 6.07) is 19.9. The van der Waals surface area contributed by atoms with E-state index in [1.807, 2.05) is 24.3 Å². The largest absolute Gasteiger partial charge is 0.489 e. The lowest BCUT2D eigenvalue weighted by atomic mass is 10.0. The van der Waals surface area contributed by atoms with Gasteiger partial charge in [-0.25, -0.2) is 4.39 Å². The number of hydrogen-bond donors (Lipinski definition) is 2. The van der Waals surface area contributed by atoms with E-state index in [0.29, 0.717) is 29.4 Å². The monoisotopic (exact) mass is 452 g/mol. The van der Waals surface area contributed by atoms with Crippen LogP contribution < -0.4 is 15.2 Å². The van der Waals surface area contributed by atoms with E-state index in [4.69, 9.17) is 25.2 Å². The molecule has 0 aromatic heterocycles. The number of carboxylic acid groups (broad SMARTS) is 1. The van der Waals surface area contributed by atoms with Crippen molar-refractivity contribution in [2.45, 2.75) is 19.1 Å². The third-order valence-electron chi connectivity index (χ3n) is 4.79. The second-order valence-corrected chi connectivity index (χ2v) is 7.22. The van der Waals surface area contributed by atoms with Crippen molar-refractivity contribution in [2.24, 2.45) is 10.9 Å². The molecule has 0 heterocycles. The molecule has 0 saturated heterocycles. The number of nitrogens with zero attached hydrogens (tertiary/aromatic N) is 1. The number of hydrogen-bond acceptors (Lipinski definition) is 6. The number of oxime groups is 1. The van der Waals surface area contributed by atoms with Crippen molar-refractivity contribution in [3.8, 4) is 11.5 Å². The van der Waals surface area contributed by atoms with E-state index in [0.717, 1.165) is 11.1 Å². The van der Waals surface area contributed by atoms with Gasteiger partial charge in [0.25, 0.3) is 0 Å². The van der Waals surface area contributed by atoms with E-state index in [2.05, 4.69) is 5.16 Å². The maximum absolute atomic E-state index is 13.1. The Morgan fingerprint density at radius 3 is 2.18 bits per heavy atom. The van der Waals surface area contributed by atoms with Crippen LogP contribution in [0.5, 0.6) is 11.5 Å². The van der Waals surface area contributed by atoms with Crippen molar-refractivity contribution in [3.05, 3.63) is 95.3 Å². The fourth-order valence-electron chi connectivity index (χ4n) is 3.03. The van der Waals surface area contributed by atoms with Gasteiger partial charge in [-0.05, 0) is 59.7 Å². The number of carbonyl (C=O) groups is 1. The van der Waals surface area contributed by atoms with Crippen LogP contribution in [0.1, 0.15) is 29.2 Å². The molecular weight excluding hydrogens is 427 g/mol. The number of aliphatic carboxylic acids is 1. The zero-order valence-corrected chi connectivity index (χ0v) is 18.1. The molecule has 0 aliphatic rings. The van der Waals surface area contributed by atoms with Crippen molar-refractivity contribution in [1.82, 2.24) is 0 Å². The quantitative estimate of drug-likeness (QED) is 0.332. The van der Waals surface area contributed by atoms with Crippen molar-refractivity contribution >= 4 is 11.7 Å². The summed E-state index contributed by atoms with van der Waals surface area (Å²) >= 11 is 0. The van der Waals surface area contributed by atoms with Gasteiger partial charge in [-0.15, -0.1) is 0 Å². The maximum atomic E-state index is 13.1. The highest BCUT2D eigenvalue weighted by atomic mass is 19.1. The van der Waals surface area contributed by atoms with Gasteiger partial charge in [0.15, 0.2) is 0 Å². The van der Waals surface area contributed by atoms with Crippen LogP contribution in [0.2, 0.25) is 0 Å². The van der Waals surface area contributed by atoms with E-state index in [1.54, 1.807) is 36.4 Å². The molecule has 172 valence electrons. The molecule has 7 nitrogen and oxygen atoms in total. The van der Waals surface area contributed by atoms with Gasteiger partial charge in [0.2, 0.25) is 0 Å². The first-order valence-corrected chi connectivity index (χ1v) is 10.2. The number of benzene rings is 3. The zero-order valence-electron chi connectivity index (χ0n) is 18.1. The summed E-state index contributed by atoms with van der Waals surface area (Å²) < 4.78 is 24.7. The van der Waals surface area contributed by atoms with Gasteiger partial charge in [-0.3, -0.25) is 4.79 Å². The summed E-state index contributed by atoms with van der Waals surface area (Å²) in [6.07, 6.45) is -0.128. The van der Waals surface area contributed by atoms with Crippen LogP contribution in [0.3, 0.4) is 0 Å². The minimum absolute atomic E-state index is 0.128. The summed E-state index contributed by atoms with van der Waals surface area (Å²) in [5, 5.41) is 12.8. The Labute approximate surface area is 191 Å². The molecule has 0 aliphatic heterocycles. The smallest absolute Gasteiger partial charge is 0.305 e.